The van der Waals surface area contributed by atoms with Crippen LogP contribution in [0.2, 0.25) is 0 Å². The Kier molecular flexibility index (Phi) is 6.54. The predicted molar refractivity (Wildman–Crippen MR) is 71.4 cm³/mol. The van der Waals surface area contributed by atoms with Crippen LogP contribution in [0.1, 0.15) is 32.1 Å². The molecule has 94 valence electrons. The van der Waals surface area contributed by atoms with Crippen LogP contribution in [0.25, 0.3) is 0 Å². The minimum Gasteiger partial charge on any atom is -0.354 e. The summed E-state index contributed by atoms with van der Waals surface area (Å²) in [4.78, 5) is 11.8. The molecule has 0 aliphatic carbocycles. The van der Waals surface area contributed by atoms with Crippen molar-refractivity contribution in [2.45, 2.75) is 43.4 Å². The van der Waals surface area contributed by atoms with Crippen molar-refractivity contribution in [1.29, 1.82) is 0 Å². The predicted octanol–water partition coefficient (Wildman–Crippen LogP) is 1.56. The van der Waals surface area contributed by atoms with E-state index in [0.717, 1.165) is 19.5 Å². The number of rotatable bonds is 3. The molecule has 3 nitrogen and oxygen atoms in total. The number of hydrogen-bond acceptors (Lipinski definition) is 3. The molecule has 2 unspecified atom stereocenters. The molecule has 0 saturated carbocycles. The molecular formula is C11H21ClN2OS. The highest BCUT2D eigenvalue weighted by Crippen LogP contribution is 2.25. The minimum absolute atomic E-state index is 0. The summed E-state index contributed by atoms with van der Waals surface area (Å²) >= 11 is 2.00. The maximum absolute atomic E-state index is 11.8. The molecule has 0 aromatic heterocycles. The minimum atomic E-state index is 0. The van der Waals surface area contributed by atoms with Crippen molar-refractivity contribution in [2.24, 2.45) is 0 Å². The summed E-state index contributed by atoms with van der Waals surface area (Å²) in [6, 6.07) is 0.0742. The molecule has 0 radical (unpaired) electrons. The van der Waals surface area contributed by atoms with Crippen molar-refractivity contribution in [3.05, 3.63) is 0 Å². The zero-order valence-corrected chi connectivity index (χ0v) is 11.2. The quantitative estimate of drug-likeness (QED) is 0.813. The number of piperidine rings is 1. The van der Waals surface area contributed by atoms with Gasteiger partial charge in [0.2, 0.25) is 5.91 Å². The number of amides is 1. The second kappa shape index (κ2) is 7.41. The van der Waals surface area contributed by atoms with E-state index in [1.54, 1.807) is 0 Å². The topological polar surface area (TPSA) is 41.1 Å². The Morgan fingerprint density at radius 1 is 1.31 bits per heavy atom. The molecule has 1 amide bonds. The lowest BCUT2D eigenvalue weighted by Crippen LogP contribution is -2.47. The largest absolute Gasteiger partial charge is 0.354 e. The molecule has 0 spiro atoms. The second-order valence-corrected chi connectivity index (χ2v) is 5.79. The maximum atomic E-state index is 11.8. The lowest BCUT2D eigenvalue weighted by atomic mass is 10.0. The first-order chi connectivity index (χ1) is 7.36. The van der Waals surface area contributed by atoms with Crippen molar-refractivity contribution in [2.75, 3.05) is 18.8 Å². The zero-order valence-electron chi connectivity index (χ0n) is 9.54. The highest BCUT2D eigenvalue weighted by molar-refractivity contribution is 8.00. The average Bonchev–Trinajstić information content (AvgIpc) is 2.80. The first-order valence-corrected chi connectivity index (χ1v) is 7.04. The lowest BCUT2D eigenvalue weighted by molar-refractivity contribution is -0.123. The molecule has 0 aromatic rings. The van der Waals surface area contributed by atoms with Gasteiger partial charge in [0.1, 0.15) is 0 Å². The van der Waals surface area contributed by atoms with E-state index in [1.165, 1.54) is 31.4 Å². The van der Waals surface area contributed by atoms with Gasteiger partial charge in [-0.2, -0.15) is 11.8 Å². The van der Waals surface area contributed by atoms with Crippen LogP contribution >= 0.6 is 24.2 Å². The number of halogens is 1. The number of carbonyl (C=O) groups excluding carboxylic acids is 1. The SMILES string of the molecule is Cl.O=C(NCC1CCCS1)C1CCCCN1. The Balaban J connectivity index is 0.00000128. The number of hydrogen-bond donors (Lipinski definition) is 2. The van der Waals surface area contributed by atoms with E-state index in [1.807, 2.05) is 11.8 Å². The Bertz CT molecular complexity index is 216. The van der Waals surface area contributed by atoms with Crippen LogP contribution in [0, 0.1) is 0 Å². The molecule has 2 heterocycles. The fraction of sp³-hybridized carbons (Fsp3) is 0.909. The Morgan fingerprint density at radius 2 is 2.19 bits per heavy atom. The summed E-state index contributed by atoms with van der Waals surface area (Å²) in [5.74, 6) is 1.48. The van der Waals surface area contributed by atoms with Crippen LogP contribution in [0.15, 0.2) is 0 Å². The summed E-state index contributed by atoms with van der Waals surface area (Å²) in [7, 11) is 0. The molecule has 2 aliphatic rings. The van der Waals surface area contributed by atoms with Gasteiger partial charge in [0, 0.05) is 11.8 Å². The van der Waals surface area contributed by atoms with Crippen LogP contribution in [0.5, 0.6) is 0 Å². The average molecular weight is 265 g/mol. The second-order valence-electron chi connectivity index (χ2n) is 4.38. The van der Waals surface area contributed by atoms with Crippen molar-refractivity contribution in [3.8, 4) is 0 Å². The number of carbonyl (C=O) groups is 1. The third-order valence-corrected chi connectivity index (χ3v) is 4.55. The van der Waals surface area contributed by atoms with Gasteiger partial charge in [-0.1, -0.05) is 6.42 Å². The van der Waals surface area contributed by atoms with Crippen LogP contribution in [-0.4, -0.2) is 36.0 Å². The maximum Gasteiger partial charge on any atom is 0.237 e. The van der Waals surface area contributed by atoms with Gasteiger partial charge in [-0.25, -0.2) is 0 Å². The molecule has 0 aromatic carbocycles. The molecule has 5 heteroatoms. The van der Waals surface area contributed by atoms with Gasteiger partial charge >= 0.3 is 0 Å². The molecule has 2 fully saturated rings. The highest BCUT2D eigenvalue weighted by atomic mass is 35.5. The summed E-state index contributed by atoms with van der Waals surface area (Å²) in [6.07, 6.45) is 5.98. The monoisotopic (exact) mass is 264 g/mol. The third-order valence-electron chi connectivity index (χ3n) is 3.15. The summed E-state index contributed by atoms with van der Waals surface area (Å²) in [6.45, 7) is 1.86. The first-order valence-electron chi connectivity index (χ1n) is 5.99. The van der Waals surface area contributed by atoms with Gasteiger partial charge < -0.3 is 10.6 Å². The van der Waals surface area contributed by atoms with Crippen molar-refractivity contribution < 1.29 is 4.79 Å². The molecular weight excluding hydrogens is 244 g/mol. The highest BCUT2D eigenvalue weighted by Gasteiger charge is 2.22. The third kappa shape index (κ3) is 4.15. The van der Waals surface area contributed by atoms with E-state index in [2.05, 4.69) is 10.6 Å². The summed E-state index contributed by atoms with van der Waals surface area (Å²) in [5, 5.41) is 7.01. The van der Waals surface area contributed by atoms with Gasteiger partial charge in [-0.05, 0) is 38.0 Å². The molecule has 2 rings (SSSR count). The van der Waals surface area contributed by atoms with Crippen molar-refractivity contribution in [1.82, 2.24) is 10.6 Å². The molecule has 16 heavy (non-hydrogen) atoms. The number of nitrogens with one attached hydrogen (secondary N) is 2. The van der Waals surface area contributed by atoms with E-state index < -0.39 is 0 Å². The van der Waals surface area contributed by atoms with Gasteiger partial charge in [-0.15, -0.1) is 12.4 Å². The van der Waals surface area contributed by atoms with E-state index >= 15 is 0 Å². The molecule has 2 N–H and O–H groups in total. The molecule has 0 bridgehead atoms. The Hall–Kier alpha value is 0.0700. The summed E-state index contributed by atoms with van der Waals surface area (Å²) in [5.41, 5.74) is 0. The smallest absolute Gasteiger partial charge is 0.237 e. The fourth-order valence-corrected chi connectivity index (χ4v) is 3.42. The standard InChI is InChI=1S/C11H20N2OS.ClH/c14-11(10-5-1-2-6-12-10)13-8-9-4-3-7-15-9;/h9-10,12H,1-8H2,(H,13,14);1H. The van der Waals surface area contributed by atoms with E-state index in [0.29, 0.717) is 5.25 Å². The van der Waals surface area contributed by atoms with Crippen molar-refractivity contribution >= 4 is 30.1 Å². The van der Waals surface area contributed by atoms with Gasteiger partial charge in [0.05, 0.1) is 6.04 Å². The van der Waals surface area contributed by atoms with Gasteiger partial charge in [-0.3, -0.25) is 4.79 Å². The molecule has 2 aliphatic heterocycles. The van der Waals surface area contributed by atoms with Crippen LogP contribution in [-0.2, 0) is 4.79 Å². The van der Waals surface area contributed by atoms with Crippen LogP contribution in [0.3, 0.4) is 0 Å². The fourth-order valence-electron chi connectivity index (χ4n) is 2.22. The molecule has 2 saturated heterocycles. The van der Waals surface area contributed by atoms with E-state index in [-0.39, 0.29) is 24.4 Å². The first kappa shape index (κ1) is 14.1. The van der Waals surface area contributed by atoms with E-state index in [9.17, 15) is 4.79 Å². The lowest BCUT2D eigenvalue weighted by Gasteiger charge is -2.23. The van der Waals surface area contributed by atoms with Crippen molar-refractivity contribution in [3.63, 3.8) is 0 Å². The molecule has 2 atom stereocenters. The Labute approximate surface area is 108 Å². The van der Waals surface area contributed by atoms with Gasteiger partial charge in [0.25, 0.3) is 0 Å². The van der Waals surface area contributed by atoms with Crippen LogP contribution < -0.4 is 10.6 Å². The number of thioether (sulfide) groups is 1. The van der Waals surface area contributed by atoms with E-state index in [4.69, 9.17) is 0 Å². The van der Waals surface area contributed by atoms with Gasteiger partial charge in [0.15, 0.2) is 0 Å². The van der Waals surface area contributed by atoms with Crippen LogP contribution in [0.4, 0.5) is 0 Å². The normalized spacial score (nSPS) is 29.5. The zero-order chi connectivity index (χ0) is 10.5. The Morgan fingerprint density at radius 3 is 2.81 bits per heavy atom. The summed E-state index contributed by atoms with van der Waals surface area (Å²) < 4.78 is 0.